The molecule has 6 nitrogen and oxygen atoms in total. The van der Waals surface area contributed by atoms with Gasteiger partial charge in [0.2, 0.25) is 0 Å². The van der Waals surface area contributed by atoms with Crippen LogP contribution in [-0.2, 0) is 11.3 Å². The summed E-state index contributed by atoms with van der Waals surface area (Å²) in [6.45, 7) is 0.623. The summed E-state index contributed by atoms with van der Waals surface area (Å²) in [5.41, 5.74) is 12.8. The highest BCUT2D eigenvalue weighted by atomic mass is 16.2. The van der Waals surface area contributed by atoms with E-state index in [-0.39, 0.29) is 11.6 Å². The van der Waals surface area contributed by atoms with Crippen molar-refractivity contribution in [1.82, 2.24) is 4.57 Å². The Morgan fingerprint density at radius 2 is 1.96 bits per heavy atom. The number of carbonyl (C=O) groups is 1. The summed E-state index contributed by atoms with van der Waals surface area (Å²) in [5, 5.41) is 12.7. The molecule has 1 heterocycles. The van der Waals surface area contributed by atoms with Gasteiger partial charge in [0.25, 0.3) is 5.91 Å². The molecule has 1 amide bonds. The summed E-state index contributed by atoms with van der Waals surface area (Å²) in [6.07, 6.45) is 6.58. The molecule has 3 rings (SSSR count). The van der Waals surface area contributed by atoms with Crippen LogP contribution in [0.5, 0.6) is 0 Å². The highest BCUT2D eigenvalue weighted by Crippen LogP contribution is 2.27. The summed E-state index contributed by atoms with van der Waals surface area (Å²) >= 11 is 0. The normalized spacial score (nSPS) is 11.6. The number of anilines is 1. The average Bonchev–Trinajstić information content (AvgIpc) is 3.04. The number of hydrogen-bond acceptors (Lipinski definition) is 3. The standard InChI is InChI=1S/C21H19N5O/c22-11-3-5-18(24)21(27)25-19-14-26(20-6-2-1-4-17(19)20)13-16-9-7-15(12-23)8-10-16/h1-11,14H,13,22,24H2,(H,25,27)/p+1/b11-3-,18-5-. The van der Waals surface area contributed by atoms with Crippen molar-refractivity contribution in [3.05, 3.63) is 89.9 Å². The van der Waals surface area contributed by atoms with E-state index in [9.17, 15) is 4.79 Å². The van der Waals surface area contributed by atoms with Crippen LogP contribution >= 0.6 is 0 Å². The average molecular weight is 358 g/mol. The number of nitrogens with two attached hydrogens (primary N) is 1. The van der Waals surface area contributed by atoms with Crippen molar-refractivity contribution in [2.75, 3.05) is 5.32 Å². The van der Waals surface area contributed by atoms with Gasteiger partial charge in [0.05, 0.1) is 34.7 Å². The Morgan fingerprint density at radius 3 is 2.67 bits per heavy atom. The minimum Gasteiger partial charge on any atom is -0.394 e. The number of carbonyl (C=O) groups excluding carboxylic acids is 1. The predicted molar refractivity (Wildman–Crippen MR) is 105 cm³/mol. The number of nitriles is 1. The third kappa shape index (κ3) is 4.06. The fourth-order valence-electron chi connectivity index (χ4n) is 2.80. The SMILES string of the molecule is N#Cc1ccc(Cn2cc(NC(=O)/C(N)=C/C=C\[NH3+])c3ccccc32)cc1. The van der Waals surface area contributed by atoms with Crippen molar-refractivity contribution in [3.8, 4) is 6.07 Å². The number of fused-ring (bicyclic) bond motifs is 1. The maximum absolute atomic E-state index is 12.3. The summed E-state index contributed by atoms with van der Waals surface area (Å²) in [4.78, 5) is 12.3. The van der Waals surface area contributed by atoms with Gasteiger partial charge in [0.15, 0.2) is 0 Å². The first-order valence-electron chi connectivity index (χ1n) is 8.42. The smallest absolute Gasteiger partial charge is 0.271 e. The van der Waals surface area contributed by atoms with E-state index in [1.807, 2.05) is 42.6 Å². The molecule has 0 aliphatic rings. The molecule has 6 heteroatoms. The molecule has 1 aromatic heterocycles. The first-order valence-corrected chi connectivity index (χ1v) is 8.42. The zero-order chi connectivity index (χ0) is 19.2. The zero-order valence-corrected chi connectivity index (χ0v) is 14.7. The third-order valence-electron chi connectivity index (χ3n) is 4.15. The zero-order valence-electron chi connectivity index (χ0n) is 14.7. The Bertz CT molecular complexity index is 1070. The fraction of sp³-hybridized carbons (Fsp3) is 0.0476. The lowest BCUT2D eigenvalue weighted by molar-refractivity contribution is -0.274. The Morgan fingerprint density at radius 1 is 1.22 bits per heavy atom. The fourth-order valence-corrected chi connectivity index (χ4v) is 2.80. The van der Waals surface area contributed by atoms with Crippen LogP contribution in [0.4, 0.5) is 5.69 Å². The number of quaternary nitrogens is 1. The number of para-hydroxylation sites is 1. The molecular weight excluding hydrogens is 338 g/mol. The van der Waals surface area contributed by atoms with E-state index in [0.29, 0.717) is 17.8 Å². The Labute approximate surface area is 157 Å². The Balaban J connectivity index is 1.91. The molecule has 2 aromatic carbocycles. The van der Waals surface area contributed by atoms with Gasteiger partial charge in [0.1, 0.15) is 0 Å². The van der Waals surface area contributed by atoms with E-state index in [2.05, 4.69) is 21.7 Å². The number of hydrogen-bond donors (Lipinski definition) is 3. The third-order valence-corrected chi connectivity index (χ3v) is 4.15. The molecule has 0 bridgehead atoms. The summed E-state index contributed by atoms with van der Waals surface area (Å²) < 4.78 is 2.06. The van der Waals surface area contributed by atoms with E-state index in [1.54, 1.807) is 24.4 Å². The van der Waals surface area contributed by atoms with E-state index in [0.717, 1.165) is 16.5 Å². The maximum Gasteiger partial charge on any atom is 0.271 e. The second-order valence-corrected chi connectivity index (χ2v) is 6.00. The molecule has 0 saturated carbocycles. The highest BCUT2D eigenvalue weighted by Gasteiger charge is 2.12. The van der Waals surface area contributed by atoms with Gasteiger partial charge in [-0.05, 0) is 35.9 Å². The van der Waals surface area contributed by atoms with E-state index >= 15 is 0 Å². The van der Waals surface area contributed by atoms with E-state index in [4.69, 9.17) is 11.0 Å². The molecule has 6 N–H and O–H groups in total. The molecule has 0 radical (unpaired) electrons. The Kier molecular flexibility index (Phi) is 5.36. The number of aromatic nitrogens is 1. The van der Waals surface area contributed by atoms with Crippen molar-refractivity contribution < 1.29 is 10.5 Å². The topological polar surface area (TPSA) is 111 Å². The summed E-state index contributed by atoms with van der Waals surface area (Å²) in [7, 11) is 0. The van der Waals surface area contributed by atoms with Crippen LogP contribution in [0.15, 0.2) is 78.8 Å². The lowest BCUT2D eigenvalue weighted by Gasteiger charge is -2.05. The number of rotatable bonds is 5. The summed E-state index contributed by atoms with van der Waals surface area (Å²) in [5.74, 6) is -0.366. The second-order valence-electron chi connectivity index (χ2n) is 6.00. The molecular formula is C21H20N5O+. The number of nitrogens with one attached hydrogen (secondary N) is 1. The van der Waals surface area contributed by atoms with Gasteiger partial charge in [-0.15, -0.1) is 0 Å². The maximum atomic E-state index is 12.3. The molecule has 0 aliphatic heterocycles. The minimum atomic E-state index is -0.366. The van der Waals surface area contributed by atoms with Crippen LogP contribution < -0.4 is 16.8 Å². The van der Waals surface area contributed by atoms with Gasteiger partial charge in [-0.2, -0.15) is 5.26 Å². The molecule has 0 unspecified atom stereocenters. The lowest BCUT2D eigenvalue weighted by atomic mass is 10.1. The van der Waals surface area contributed by atoms with Gasteiger partial charge in [-0.1, -0.05) is 30.3 Å². The highest BCUT2D eigenvalue weighted by molar-refractivity contribution is 6.08. The van der Waals surface area contributed by atoms with Crippen LogP contribution in [0, 0.1) is 11.3 Å². The minimum absolute atomic E-state index is 0.110. The van der Waals surface area contributed by atoms with Gasteiger partial charge >= 0.3 is 0 Å². The molecule has 0 aliphatic carbocycles. The van der Waals surface area contributed by atoms with Crippen LogP contribution in [0.25, 0.3) is 10.9 Å². The molecule has 134 valence electrons. The number of nitrogens with zero attached hydrogens (tertiary/aromatic N) is 2. The first kappa shape index (κ1) is 18.0. The van der Waals surface area contributed by atoms with Crippen molar-refractivity contribution in [2.45, 2.75) is 6.54 Å². The van der Waals surface area contributed by atoms with Crippen LogP contribution in [0.3, 0.4) is 0 Å². The lowest BCUT2D eigenvalue weighted by Crippen LogP contribution is -2.39. The molecule has 27 heavy (non-hydrogen) atoms. The van der Waals surface area contributed by atoms with Gasteiger partial charge in [0, 0.05) is 18.1 Å². The van der Waals surface area contributed by atoms with Crippen LogP contribution in [0.1, 0.15) is 11.1 Å². The second kappa shape index (κ2) is 8.04. The molecule has 0 atom stereocenters. The van der Waals surface area contributed by atoms with Crippen LogP contribution in [0.2, 0.25) is 0 Å². The quantitative estimate of drug-likeness (QED) is 0.479. The first-order chi connectivity index (χ1) is 13.1. The monoisotopic (exact) mass is 358 g/mol. The van der Waals surface area contributed by atoms with Crippen molar-refractivity contribution in [1.29, 1.82) is 5.26 Å². The Hall–Kier alpha value is -3.82. The van der Waals surface area contributed by atoms with Crippen LogP contribution in [-0.4, -0.2) is 10.5 Å². The van der Waals surface area contributed by atoms with Crippen molar-refractivity contribution >= 4 is 22.5 Å². The van der Waals surface area contributed by atoms with Crippen molar-refractivity contribution in [3.63, 3.8) is 0 Å². The molecule has 0 saturated heterocycles. The number of allylic oxidation sites excluding steroid dienone is 2. The molecule has 0 fully saturated rings. The predicted octanol–water partition coefficient (Wildman–Crippen LogP) is 2.10. The number of benzene rings is 2. The van der Waals surface area contributed by atoms with E-state index in [1.165, 1.54) is 6.08 Å². The van der Waals surface area contributed by atoms with Gasteiger partial charge in [-0.25, -0.2) is 0 Å². The molecule has 3 aromatic rings. The largest absolute Gasteiger partial charge is 0.394 e. The number of amides is 1. The van der Waals surface area contributed by atoms with Crippen molar-refractivity contribution in [2.24, 2.45) is 5.73 Å². The van der Waals surface area contributed by atoms with E-state index < -0.39 is 0 Å². The molecule has 0 spiro atoms. The van der Waals surface area contributed by atoms with Gasteiger partial charge < -0.3 is 21.4 Å². The summed E-state index contributed by atoms with van der Waals surface area (Å²) in [6, 6.07) is 17.4. The van der Waals surface area contributed by atoms with Gasteiger partial charge in [-0.3, -0.25) is 4.79 Å².